The number of aliphatic hydroxyl groups excluding tert-OH is 1. The summed E-state index contributed by atoms with van der Waals surface area (Å²) in [5.41, 5.74) is 0. The van der Waals surface area contributed by atoms with Crippen molar-refractivity contribution in [1.29, 1.82) is 0 Å². The fourth-order valence-corrected chi connectivity index (χ4v) is 2.31. The highest BCUT2D eigenvalue weighted by Crippen LogP contribution is 2.33. The summed E-state index contributed by atoms with van der Waals surface area (Å²) in [4.78, 5) is 0. The van der Waals surface area contributed by atoms with E-state index in [-0.39, 0.29) is 6.61 Å². The Hall–Kier alpha value is -0.380. The van der Waals surface area contributed by atoms with Crippen molar-refractivity contribution >= 4 is 0 Å². The Morgan fingerprint density at radius 2 is 2.27 bits per heavy atom. The minimum Gasteiger partial charge on any atom is -0.396 e. The van der Waals surface area contributed by atoms with Gasteiger partial charge in [0.2, 0.25) is 0 Å². The number of ether oxygens (including phenoxy) is 1. The molecule has 0 bridgehead atoms. The van der Waals surface area contributed by atoms with E-state index in [0.717, 1.165) is 18.9 Å². The summed E-state index contributed by atoms with van der Waals surface area (Å²) in [6.45, 7) is 1.08. The molecule has 3 atom stereocenters. The van der Waals surface area contributed by atoms with Crippen LogP contribution in [0.3, 0.4) is 0 Å². The lowest BCUT2D eigenvalue weighted by atomic mass is 10.1. The first-order valence-electron chi connectivity index (χ1n) is 5.87. The van der Waals surface area contributed by atoms with E-state index >= 15 is 0 Å². The van der Waals surface area contributed by atoms with Crippen molar-refractivity contribution in [2.24, 2.45) is 11.8 Å². The van der Waals surface area contributed by atoms with Crippen molar-refractivity contribution in [2.45, 2.75) is 31.3 Å². The number of aliphatic hydroxyl groups is 1. The van der Waals surface area contributed by atoms with Crippen molar-refractivity contribution in [2.75, 3.05) is 20.3 Å². The average Bonchev–Trinajstić information content (AvgIpc) is 2.99. The molecular weight excluding hydrogens is 190 g/mol. The molecule has 0 aromatic rings. The fraction of sp³-hybridized carbons (Fsp3) is 0.833. The summed E-state index contributed by atoms with van der Waals surface area (Å²) in [6.07, 6.45) is 8.01. The van der Waals surface area contributed by atoms with Crippen molar-refractivity contribution in [3.63, 3.8) is 0 Å². The molecule has 0 amide bonds. The van der Waals surface area contributed by atoms with E-state index in [1.807, 2.05) is 0 Å². The minimum atomic E-state index is 0.271. The summed E-state index contributed by atoms with van der Waals surface area (Å²) in [5.74, 6) is 1.16. The molecule has 2 aliphatic rings. The van der Waals surface area contributed by atoms with E-state index in [0.29, 0.717) is 18.0 Å². The zero-order valence-corrected chi connectivity index (χ0v) is 9.36. The van der Waals surface area contributed by atoms with Crippen molar-refractivity contribution in [3.05, 3.63) is 12.2 Å². The van der Waals surface area contributed by atoms with Crippen molar-refractivity contribution < 1.29 is 9.84 Å². The van der Waals surface area contributed by atoms with Crippen LogP contribution in [0.5, 0.6) is 0 Å². The van der Waals surface area contributed by atoms with E-state index in [9.17, 15) is 0 Å². The van der Waals surface area contributed by atoms with Crippen LogP contribution in [0, 0.1) is 11.8 Å². The van der Waals surface area contributed by atoms with Gasteiger partial charge >= 0.3 is 0 Å². The molecular formula is C12H21NO2. The molecule has 1 unspecified atom stereocenters. The fourth-order valence-electron chi connectivity index (χ4n) is 2.31. The van der Waals surface area contributed by atoms with Gasteiger partial charge in [0.25, 0.3) is 0 Å². The molecule has 86 valence electrons. The minimum absolute atomic E-state index is 0.271. The summed E-state index contributed by atoms with van der Waals surface area (Å²) in [7, 11) is 1.76. The Morgan fingerprint density at radius 3 is 2.80 bits per heavy atom. The molecule has 0 heterocycles. The van der Waals surface area contributed by atoms with E-state index in [1.54, 1.807) is 7.11 Å². The monoisotopic (exact) mass is 211 g/mol. The maximum atomic E-state index is 9.04. The second-order valence-corrected chi connectivity index (χ2v) is 4.74. The third-order valence-corrected chi connectivity index (χ3v) is 3.37. The Morgan fingerprint density at radius 1 is 1.47 bits per heavy atom. The van der Waals surface area contributed by atoms with Gasteiger partial charge < -0.3 is 15.2 Å². The molecule has 1 saturated carbocycles. The summed E-state index contributed by atoms with van der Waals surface area (Å²) < 4.78 is 5.23. The molecule has 3 heteroatoms. The standard InChI is InChI=1S/C12H21NO2/c1-15-8-12(10-3-4-10)13-11-5-2-9(6-11)7-14/h2,5,9-14H,3-4,6-8H2,1H3/t9-,11+,12?/m0/s1. The highest BCUT2D eigenvalue weighted by molar-refractivity contribution is 5.07. The van der Waals surface area contributed by atoms with E-state index in [1.165, 1.54) is 12.8 Å². The Labute approximate surface area is 91.5 Å². The lowest BCUT2D eigenvalue weighted by Crippen LogP contribution is -2.41. The van der Waals surface area contributed by atoms with Crippen LogP contribution >= 0.6 is 0 Å². The highest BCUT2D eigenvalue weighted by atomic mass is 16.5. The first-order valence-corrected chi connectivity index (χ1v) is 5.87. The van der Waals surface area contributed by atoms with Gasteiger partial charge in [-0.05, 0) is 25.2 Å². The second-order valence-electron chi connectivity index (χ2n) is 4.74. The van der Waals surface area contributed by atoms with Crippen LogP contribution in [0.1, 0.15) is 19.3 Å². The van der Waals surface area contributed by atoms with Gasteiger partial charge in [0.1, 0.15) is 0 Å². The van der Waals surface area contributed by atoms with Gasteiger partial charge in [-0.25, -0.2) is 0 Å². The van der Waals surface area contributed by atoms with Gasteiger partial charge in [0, 0.05) is 31.7 Å². The highest BCUT2D eigenvalue weighted by Gasteiger charge is 2.33. The first kappa shape index (κ1) is 11.1. The van der Waals surface area contributed by atoms with Crippen LogP contribution in [0.15, 0.2) is 12.2 Å². The molecule has 15 heavy (non-hydrogen) atoms. The van der Waals surface area contributed by atoms with Crippen LogP contribution in [0.25, 0.3) is 0 Å². The Bertz CT molecular complexity index is 226. The molecule has 0 saturated heterocycles. The lowest BCUT2D eigenvalue weighted by Gasteiger charge is -2.22. The van der Waals surface area contributed by atoms with Gasteiger partial charge in [-0.2, -0.15) is 0 Å². The molecule has 2 aliphatic carbocycles. The molecule has 3 nitrogen and oxygen atoms in total. The van der Waals surface area contributed by atoms with Gasteiger partial charge in [-0.15, -0.1) is 0 Å². The SMILES string of the molecule is COCC(N[C@@H]1C=C[C@H](CO)C1)C1CC1. The average molecular weight is 211 g/mol. The predicted molar refractivity (Wildman–Crippen MR) is 59.6 cm³/mol. The van der Waals surface area contributed by atoms with Gasteiger partial charge in [0.05, 0.1) is 6.61 Å². The quantitative estimate of drug-likeness (QED) is 0.642. The molecule has 0 aromatic carbocycles. The van der Waals surface area contributed by atoms with Crippen molar-refractivity contribution in [3.8, 4) is 0 Å². The maximum Gasteiger partial charge on any atom is 0.0618 e. The zero-order chi connectivity index (χ0) is 10.7. The Kier molecular flexibility index (Phi) is 3.78. The van der Waals surface area contributed by atoms with Crippen LogP contribution < -0.4 is 5.32 Å². The van der Waals surface area contributed by atoms with E-state index < -0.39 is 0 Å². The van der Waals surface area contributed by atoms with Crippen LogP contribution in [0.4, 0.5) is 0 Å². The molecule has 0 aliphatic heterocycles. The Balaban J connectivity index is 1.77. The lowest BCUT2D eigenvalue weighted by molar-refractivity contribution is 0.152. The van der Waals surface area contributed by atoms with Crippen molar-refractivity contribution in [1.82, 2.24) is 5.32 Å². The normalized spacial score (nSPS) is 32.1. The molecule has 0 radical (unpaired) electrons. The zero-order valence-electron chi connectivity index (χ0n) is 9.36. The molecule has 0 aromatic heterocycles. The van der Waals surface area contributed by atoms with E-state index in [4.69, 9.17) is 9.84 Å². The number of hydrogen-bond donors (Lipinski definition) is 2. The van der Waals surface area contributed by atoms with Gasteiger partial charge in [0.15, 0.2) is 0 Å². The third-order valence-electron chi connectivity index (χ3n) is 3.37. The number of nitrogens with one attached hydrogen (secondary N) is 1. The number of rotatable bonds is 6. The largest absolute Gasteiger partial charge is 0.396 e. The smallest absolute Gasteiger partial charge is 0.0618 e. The summed E-state index contributed by atoms with van der Waals surface area (Å²) in [6, 6.07) is 0.935. The molecule has 1 fully saturated rings. The van der Waals surface area contributed by atoms with Crippen LogP contribution in [-0.2, 0) is 4.74 Å². The summed E-state index contributed by atoms with van der Waals surface area (Å²) in [5, 5.41) is 12.7. The van der Waals surface area contributed by atoms with Crippen LogP contribution in [-0.4, -0.2) is 37.5 Å². The topological polar surface area (TPSA) is 41.5 Å². The summed E-state index contributed by atoms with van der Waals surface area (Å²) >= 11 is 0. The van der Waals surface area contributed by atoms with Gasteiger partial charge in [-0.3, -0.25) is 0 Å². The molecule has 0 spiro atoms. The van der Waals surface area contributed by atoms with E-state index in [2.05, 4.69) is 17.5 Å². The molecule has 2 N–H and O–H groups in total. The van der Waals surface area contributed by atoms with Crippen LogP contribution in [0.2, 0.25) is 0 Å². The molecule has 2 rings (SSSR count). The predicted octanol–water partition coefficient (Wildman–Crippen LogP) is 0.938. The second kappa shape index (κ2) is 5.10. The number of hydrogen-bond acceptors (Lipinski definition) is 3. The van der Waals surface area contributed by atoms with Gasteiger partial charge in [-0.1, -0.05) is 12.2 Å². The maximum absolute atomic E-state index is 9.04. The third kappa shape index (κ3) is 3.03. The number of methoxy groups -OCH3 is 1. The first-order chi connectivity index (χ1) is 7.33.